The lowest BCUT2D eigenvalue weighted by Gasteiger charge is -2.29. The summed E-state index contributed by atoms with van der Waals surface area (Å²) in [6.07, 6.45) is 0.530. The summed E-state index contributed by atoms with van der Waals surface area (Å²) in [5.74, 6) is -0.393. The summed E-state index contributed by atoms with van der Waals surface area (Å²) in [4.78, 5) is 3.89. The molecule has 0 atom stereocenters. The fourth-order valence-electron chi connectivity index (χ4n) is 2.39. The van der Waals surface area contributed by atoms with E-state index in [-0.39, 0.29) is 18.8 Å². The van der Waals surface area contributed by atoms with E-state index in [9.17, 15) is 13.2 Å². The van der Waals surface area contributed by atoms with E-state index in [1.165, 1.54) is 6.20 Å². The highest BCUT2D eigenvalue weighted by molar-refractivity contribution is 6.32. The van der Waals surface area contributed by atoms with Crippen LogP contribution in [0.2, 0.25) is 0 Å². The van der Waals surface area contributed by atoms with E-state index in [1.807, 2.05) is 0 Å². The van der Waals surface area contributed by atoms with Crippen LogP contribution in [0.1, 0.15) is 25.7 Å². The van der Waals surface area contributed by atoms with Gasteiger partial charge in [0, 0.05) is 6.20 Å². The summed E-state index contributed by atoms with van der Waals surface area (Å²) >= 11 is 0. The molecule has 102 valence electrons. The van der Waals surface area contributed by atoms with Gasteiger partial charge in [-0.3, -0.25) is 4.98 Å². The van der Waals surface area contributed by atoms with Crippen LogP contribution in [0.3, 0.4) is 0 Å². The van der Waals surface area contributed by atoms with Gasteiger partial charge in [-0.15, -0.1) is 0 Å². The fraction of sp³-hybridized carbons (Fsp3) is 0.615. The molecule has 2 radical (unpaired) electrons. The van der Waals surface area contributed by atoms with Gasteiger partial charge >= 0.3 is 6.18 Å². The van der Waals surface area contributed by atoms with Crippen LogP contribution >= 0.6 is 0 Å². The Labute approximate surface area is 111 Å². The number of rotatable bonds is 3. The molecule has 1 aromatic heterocycles. The van der Waals surface area contributed by atoms with Crippen LogP contribution in [0.4, 0.5) is 13.2 Å². The molecule has 1 aromatic rings. The standard InChI is InChI=1S/C13H15BF3NO/c14-11-5-12(7-18-6-11)19-8-9-1-3-10(4-2-9)13(15,16)17/h5-7,9-10H,1-4,8H2. The highest BCUT2D eigenvalue weighted by Crippen LogP contribution is 2.39. The summed E-state index contributed by atoms with van der Waals surface area (Å²) in [6.45, 7) is 0.426. The van der Waals surface area contributed by atoms with E-state index in [0.717, 1.165) is 0 Å². The third-order valence-electron chi connectivity index (χ3n) is 3.53. The number of ether oxygens (including phenoxy) is 1. The van der Waals surface area contributed by atoms with Crippen LogP contribution in [0.5, 0.6) is 5.75 Å². The number of aromatic nitrogens is 1. The minimum Gasteiger partial charge on any atom is -0.492 e. The molecule has 2 rings (SSSR count). The molecule has 1 fully saturated rings. The predicted octanol–water partition coefficient (Wildman–Crippen LogP) is 2.62. The second-order valence-corrected chi connectivity index (χ2v) is 5.02. The van der Waals surface area contributed by atoms with Gasteiger partial charge in [0.05, 0.1) is 18.7 Å². The van der Waals surface area contributed by atoms with Crippen molar-refractivity contribution >= 4 is 13.3 Å². The van der Waals surface area contributed by atoms with E-state index in [4.69, 9.17) is 12.6 Å². The molecule has 0 bridgehead atoms. The van der Waals surface area contributed by atoms with Gasteiger partial charge in [-0.25, -0.2) is 0 Å². The van der Waals surface area contributed by atoms with Gasteiger partial charge in [0.25, 0.3) is 0 Å². The van der Waals surface area contributed by atoms with Crippen LogP contribution in [0, 0.1) is 11.8 Å². The Bertz CT molecular complexity index is 417. The third kappa shape index (κ3) is 4.15. The lowest BCUT2D eigenvalue weighted by atomic mass is 9.82. The highest BCUT2D eigenvalue weighted by Gasteiger charge is 2.41. The summed E-state index contributed by atoms with van der Waals surface area (Å²) in [5, 5.41) is 0. The van der Waals surface area contributed by atoms with Gasteiger partial charge in [0.1, 0.15) is 13.6 Å². The average Bonchev–Trinajstić information content (AvgIpc) is 2.36. The molecule has 1 heterocycles. The topological polar surface area (TPSA) is 22.1 Å². The minimum absolute atomic E-state index is 0.181. The Morgan fingerprint density at radius 3 is 2.47 bits per heavy atom. The van der Waals surface area contributed by atoms with E-state index in [1.54, 1.807) is 12.3 Å². The van der Waals surface area contributed by atoms with Crippen molar-refractivity contribution in [1.29, 1.82) is 0 Å². The van der Waals surface area contributed by atoms with Crippen LogP contribution in [0.25, 0.3) is 0 Å². The Balaban J connectivity index is 1.77. The van der Waals surface area contributed by atoms with Gasteiger partial charge in [-0.05, 0) is 37.7 Å². The monoisotopic (exact) mass is 269 g/mol. The summed E-state index contributed by atoms with van der Waals surface area (Å²) in [6, 6.07) is 1.66. The first kappa shape index (κ1) is 14.2. The lowest BCUT2D eigenvalue weighted by molar-refractivity contribution is -0.184. The fourth-order valence-corrected chi connectivity index (χ4v) is 2.39. The van der Waals surface area contributed by atoms with E-state index in [2.05, 4.69) is 4.98 Å². The van der Waals surface area contributed by atoms with Crippen LogP contribution < -0.4 is 10.2 Å². The number of alkyl halides is 3. The first-order chi connectivity index (χ1) is 8.95. The maximum absolute atomic E-state index is 12.5. The molecule has 19 heavy (non-hydrogen) atoms. The smallest absolute Gasteiger partial charge is 0.391 e. The maximum atomic E-state index is 12.5. The van der Waals surface area contributed by atoms with Gasteiger partial charge in [-0.1, -0.05) is 5.46 Å². The van der Waals surface area contributed by atoms with Gasteiger partial charge in [0.2, 0.25) is 0 Å². The highest BCUT2D eigenvalue weighted by atomic mass is 19.4. The molecule has 1 saturated carbocycles. The molecule has 6 heteroatoms. The van der Waals surface area contributed by atoms with Crippen molar-refractivity contribution < 1.29 is 17.9 Å². The van der Waals surface area contributed by atoms with Crippen molar-refractivity contribution in [2.75, 3.05) is 6.61 Å². The SMILES string of the molecule is [B]c1cncc(OCC2CCC(C(F)(F)F)CC2)c1. The second kappa shape index (κ2) is 5.84. The Kier molecular flexibility index (Phi) is 4.37. The molecule has 2 nitrogen and oxygen atoms in total. The number of hydrogen-bond donors (Lipinski definition) is 0. The Morgan fingerprint density at radius 1 is 1.21 bits per heavy atom. The molecule has 0 amide bonds. The molecule has 0 unspecified atom stereocenters. The molecule has 1 aliphatic rings. The quantitative estimate of drug-likeness (QED) is 0.787. The van der Waals surface area contributed by atoms with Gasteiger partial charge in [0.15, 0.2) is 0 Å². The lowest BCUT2D eigenvalue weighted by Crippen LogP contribution is -2.29. The average molecular weight is 269 g/mol. The van der Waals surface area contributed by atoms with Crippen molar-refractivity contribution in [3.63, 3.8) is 0 Å². The molecule has 0 aromatic carbocycles. The zero-order valence-corrected chi connectivity index (χ0v) is 10.5. The van der Waals surface area contributed by atoms with Crippen molar-refractivity contribution in [3.05, 3.63) is 18.5 Å². The predicted molar refractivity (Wildman–Crippen MR) is 66.6 cm³/mol. The first-order valence-electron chi connectivity index (χ1n) is 6.35. The Hall–Kier alpha value is -1.20. The molecule has 0 saturated heterocycles. The number of hydrogen-bond acceptors (Lipinski definition) is 2. The largest absolute Gasteiger partial charge is 0.492 e. The summed E-state index contributed by atoms with van der Waals surface area (Å²) in [7, 11) is 5.57. The molecular formula is C13H15BF3NO. The molecular weight excluding hydrogens is 254 g/mol. The van der Waals surface area contributed by atoms with E-state index in [0.29, 0.717) is 30.7 Å². The van der Waals surface area contributed by atoms with E-state index >= 15 is 0 Å². The zero-order chi connectivity index (χ0) is 13.9. The van der Waals surface area contributed by atoms with Crippen molar-refractivity contribution in [2.45, 2.75) is 31.9 Å². The summed E-state index contributed by atoms with van der Waals surface area (Å²) < 4.78 is 43.1. The van der Waals surface area contributed by atoms with Crippen LogP contribution in [-0.4, -0.2) is 25.6 Å². The van der Waals surface area contributed by atoms with Crippen molar-refractivity contribution in [1.82, 2.24) is 4.98 Å². The molecule has 0 aliphatic heterocycles. The maximum Gasteiger partial charge on any atom is 0.391 e. The number of pyridine rings is 1. The first-order valence-corrected chi connectivity index (χ1v) is 6.35. The normalized spacial score (nSPS) is 24.2. The zero-order valence-electron chi connectivity index (χ0n) is 10.5. The summed E-state index contributed by atoms with van der Waals surface area (Å²) in [5.41, 5.74) is 0.512. The number of halogens is 3. The molecule has 0 N–H and O–H groups in total. The van der Waals surface area contributed by atoms with Crippen molar-refractivity contribution in [3.8, 4) is 5.75 Å². The van der Waals surface area contributed by atoms with Crippen LogP contribution in [0.15, 0.2) is 18.5 Å². The van der Waals surface area contributed by atoms with Gasteiger partial charge in [-0.2, -0.15) is 13.2 Å². The minimum atomic E-state index is -4.05. The van der Waals surface area contributed by atoms with E-state index < -0.39 is 12.1 Å². The number of nitrogens with zero attached hydrogens (tertiary/aromatic N) is 1. The van der Waals surface area contributed by atoms with Crippen molar-refractivity contribution in [2.24, 2.45) is 11.8 Å². The molecule has 1 aliphatic carbocycles. The van der Waals surface area contributed by atoms with Gasteiger partial charge < -0.3 is 4.74 Å². The van der Waals surface area contributed by atoms with Crippen LogP contribution in [-0.2, 0) is 0 Å². The third-order valence-corrected chi connectivity index (χ3v) is 3.53. The second-order valence-electron chi connectivity index (χ2n) is 5.02. The molecule has 0 spiro atoms. The Morgan fingerprint density at radius 2 is 1.89 bits per heavy atom.